The monoisotopic (exact) mass is 480 g/mol. The molecule has 1 heterocycles. The van der Waals surface area contributed by atoms with Gasteiger partial charge in [0, 0.05) is 0 Å². The van der Waals surface area contributed by atoms with Crippen LogP contribution in [0.3, 0.4) is 0 Å². The normalized spacial score (nSPS) is 36.9. The van der Waals surface area contributed by atoms with E-state index in [-0.39, 0.29) is 0 Å². The van der Waals surface area contributed by atoms with Crippen molar-refractivity contribution >= 4 is 55.7 Å². The number of hydrogen-bond acceptors (Lipinski definition) is 10. The third-order valence-electron chi connectivity index (χ3n) is 0.556. The van der Waals surface area contributed by atoms with Crippen LogP contribution in [0.2, 0.25) is 0 Å². The van der Waals surface area contributed by atoms with Crippen LogP contribution in [0.5, 0.6) is 0 Å². The second-order valence-electron chi connectivity index (χ2n) is 1.50. The molecule has 0 radical (unpaired) electrons. The molecule has 1 fully saturated rings. The van der Waals surface area contributed by atoms with Gasteiger partial charge in [-0.3, -0.25) is 0 Å². The van der Waals surface area contributed by atoms with Crippen molar-refractivity contribution in [3.05, 3.63) is 0 Å². The van der Waals surface area contributed by atoms with Gasteiger partial charge in [-0.25, -0.2) is 0 Å². The van der Waals surface area contributed by atoms with E-state index in [1.165, 1.54) is 0 Å². The van der Waals surface area contributed by atoms with Crippen molar-refractivity contribution in [3.8, 4) is 0 Å². The van der Waals surface area contributed by atoms with Gasteiger partial charge in [-0.15, -0.1) is 0 Å². The van der Waals surface area contributed by atoms with E-state index < -0.39 is 55.7 Å². The summed E-state index contributed by atoms with van der Waals surface area (Å²) in [6.45, 7) is 0. The predicted octanol–water partition coefficient (Wildman–Crippen LogP) is -2.51. The quantitative estimate of drug-likeness (QED) is 0.345. The van der Waals surface area contributed by atoms with E-state index >= 15 is 0 Å². The Bertz CT molecular complexity index is 386. The van der Waals surface area contributed by atoms with Crippen molar-refractivity contribution in [2.75, 3.05) is 0 Å². The average Bonchev–Trinajstić information content (AvgIpc) is 1.74. The zero-order chi connectivity index (χ0) is 11.0. The number of rotatable bonds is 0. The van der Waals surface area contributed by atoms with E-state index in [0.29, 0.717) is 0 Å². The van der Waals surface area contributed by atoms with E-state index in [1.807, 2.05) is 0 Å². The molecular formula is O10Se4. The second-order valence-corrected chi connectivity index (χ2v) is 13.7. The molecule has 14 heteroatoms. The molecule has 0 bridgehead atoms. The summed E-state index contributed by atoms with van der Waals surface area (Å²) < 4.78 is 78.1. The SMILES string of the molecule is O=[Se]1O[Se](=O)(=O)O[Se](=O)O[Se](=O)(=O)O1. The van der Waals surface area contributed by atoms with Gasteiger partial charge in [0.25, 0.3) is 0 Å². The average molecular weight is 476 g/mol. The predicted molar refractivity (Wildman–Crippen MR) is 31.5 cm³/mol. The maximum atomic E-state index is 10.6. The molecule has 0 N–H and O–H groups in total. The Labute approximate surface area is 89.9 Å². The first-order valence-corrected chi connectivity index (χ1v) is 12.1. The molecule has 0 aromatic heterocycles. The van der Waals surface area contributed by atoms with E-state index in [0.717, 1.165) is 0 Å². The fourth-order valence-corrected chi connectivity index (χ4v) is 13.7. The summed E-state index contributed by atoms with van der Waals surface area (Å²) >= 11 is -19.2. The minimum absolute atomic E-state index is 3.65. The summed E-state index contributed by atoms with van der Waals surface area (Å²) in [5.74, 6) is 0. The second kappa shape index (κ2) is 4.30. The summed E-state index contributed by atoms with van der Waals surface area (Å²) in [6.07, 6.45) is 0. The molecule has 1 aliphatic heterocycles. The molecule has 0 saturated carbocycles. The molecule has 0 atom stereocenters. The van der Waals surface area contributed by atoms with E-state index in [9.17, 15) is 23.0 Å². The van der Waals surface area contributed by atoms with Crippen LogP contribution in [-0.2, 0) is 34.6 Å². The fourth-order valence-electron chi connectivity index (χ4n) is 0.318. The molecule has 0 aromatic carbocycles. The Balaban J connectivity index is 3.05. The topological polar surface area (TPSA) is 139 Å². The summed E-state index contributed by atoms with van der Waals surface area (Å²) in [6, 6.07) is 0. The third-order valence-corrected chi connectivity index (χ3v) is 15.0. The molecule has 0 unspecified atom stereocenters. The van der Waals surface area contributed by atoms with Gasteiger partial charge in [0.1, 0.15) is 0 Å². The van der Waals surface area contributed by atoms with Crippen LogP contribution in [0.4, 0.5) is 0 Å². The fraction of sp³-hybridized carbons (Fsp3) is 0. The zero-order valence-electron chi connectivity index (χ0n) is 5.72. The molecule has 0 aromatic rings. The zero-order valence-corrected chi connectivity index (χ0v) is 12.6. The molecule has 0 spiro atoms. The molecule has 10 nitrogen and oxygen atoms in total. The molecule has 0 amide bonds. The van der Waals surface area contributed by atoms with Gasteiger partial charge in [0.15, 0.2) is 0 Å². The first-order valence-electron chi connectivity index (χ1n) is 2.33. The Morgan fingerprint density at radius 1 is 0.643 bits per heavy atom. The van der Waals surface area contributed by atoms with Crippen LogP contribution in [0, 0.1) is 0 Å². The van der Waals surface area contributed by atoms with Gasteiger partial charge in [0.05, 0.1) is 0 Å². The van der Waals surface area contributed by atoms with Crippen molar-refractivity contribution in [2.45, 2.75) is 0 Å². The summed E-state index contributed by atoms with van der Waals surface area (Å²) in [5.41, 5.74) is 0. The maximum absolute atomic E-state index is 10.6. The van der Waals surface area contributed by atoms with Crippen molar-refractivity contribution < 1.29 is 34.6 Å². The molecule has 0 aliphatic carbocycles. The van der Waals surface area contributed by atoms with Gasteiger partial charge in [-0.2, -0.15) is 0 Å². The first-order chi connectivity index (χ1) is 6.20. The molecular weight excluding hydrogens is 476 g/mol. The summed E-state index contributed by atoms with van der Waals surface area (Å²) in [7, 11) is 0. The van der Waals surface area contributed by atoms with E-state index in [4.69, 9.17) is 0 Å². The molecule has 1 saturated heterocycles. The minimum atomic E-state index is -5.56. The van der Waals surface area contributed by atoms with Crippen LogP contribution >= 0.6 is 0 Å². The Kier molecular flexibility index (Phi) is 3.93. The van der Waals surface area contributed by atoms with Crippen molar-refractivity contribution in [3.63, 3.8) is 0 Å². The van der Waals surface area contributed by atoms with Gasteiger partial charge in [-0.05, 0) is 0 Å². The Morgan fingerprint density at radius 3 is 1.07 bits per heavy atom. The molecule has 14 heavy (non-hydrogen) atoms. The summed E-state index contributed by atoms with van der Waals surface area (Å²) in [5, 5.41) is 0. The van der Waals surface area contributed by atoms with E-state index in [2.05, 4.69) is 11.6 Å². The van der Waals surface area contributed by atoms with Gasteiger partial charge in [0.2, 0.25) is 0 Å². The first kappa shape index (κ1) is 12.8. The van der Waals surface area contributed by atoms with E-state index in [1.54, 1.807) is 0 Å². The van der Waals surface area contributed by atoms with Gasteiger partial charge in [-0.1, -0.05) is 0 Å². The van der Waals surface area contributed by atoms with Crippen LogP contribution in [0.1, 0.15) is 0 Å². The van der Waals surface area contributed by atoms with Crippen LogP contribution < -0.4 is 0 Å². The standard InChI is InChI=1S/O10Se4/c1-11-7-13(3,4)9-12(2)10-14(5,6)8-11. The van der Waals surface area contributed by atoms with Crippen LogP contribution in [-0.4, -0.2) is 55.7 Å². The van der Waals surface area contributed by atoms with Crippen LogP contribution in [0.15, 0.2) is 0 Å². The van der Waals surface area contributed by atoms with Gasteiger partial charge < -0.3 is 0 Å². The number of hydrogen-bond donors (Lipinski definition) is 0. The molecule has 1 rings (SSSR count). The Hall–Kier alpha value is 0.718. The molecule has 1 aliphatic rings. The van der Waals surface area contributed by atoms with Gasteiger partial charge >= 0.3 is 90.3 Å². The third kappa shape index (κ3) is 4.07. The molecule has 84 valence electrons. The van der Waals surface area contributed by atoms with Crippen molar-refractivity contribution in [1.82, 2.24) is 0 Å². The Morgan fingerprint density at radius 2 is 0.857 bits per heavy atom. The van der Waals surface area contributed by atoms with Crippen molar-refractivity contribution in [2.24, 2.45) is 0 Å². The van der Waals surface area contributed by atoms with Crippen LogP contribution in [0.25, 0.3) is 0 Å². The summed E-state index contributed by atoms with van der Waals surface area (Å²) in [4.78, 5) is 0. The van der Waals surface area contributed by atoms with Crippen molar-refractivity contribution in [1.29, 1.82) is 0 Å².